The molecular formula is C9H9N6O-. The van der Waals surface area contributed by atoms with Crippen molar-refractivity contribution in [2.45, 2.75) is 0 Å². The Morgan fingerprint density at radius 3 is 2.81 bits per heavy atom. The van der Waals surface area contributed by atoms with E-state index in [1.165, 1.54) is 0 Å². The molecule has 0 unspecified atom stereocenters. The summed E-state index contributed by atoms with van der Waals surface area (Å²) in [5.41, 5.74) is 4.64. The maximum Gasteiger partial charge on any atom is 0.118 e. The Kier molecular flexibility index (Phi) is 3.07. The Balaban J connectivity index is 1.95. The molecule has 0 amide bonds. The van der Waals surface area contributed by atoms with Gasteiger partial charge in [-0.3, -0.25) is 20.8 Å². The highest BCUT2D eigenvalue weighted by molar-refractivity contribution is 5.80. The lowest BCUT2D eigenvalue weighted by Gasteiger charge is -2.00. The molecule has 7 heteroatoms. The molecule has 16 heavy (non-hydrogen) atoms. The van der Waals surface area contributed by atoms with Crippen LogP contribution in [0.4, 0.5) is 5.95 Å². The number of tetrazole rings is 1. The summed E-state index contributed by atoms with van der Waals surface area (Å²) in [6.07, 6.45) is 1.59. The molecule has 1 heterocycles. The zero-order valence-electron chi connectivity index (χ0n) is 8.53. The molecule has 1 N–H and O–H groups in total. The third-order valence-electron chi connectivity index (χ3n) is 1.80. The summed E-state index contributed by atoms with van der Waals surface area (Å²) in [7, 11) is 1.62. The van der Waals surface area contributed by atoms with Gasteiger partial charge in [-0.25, -0.2) is 5.10 Å². The molecule has 0 saturated carbocycles. The van der Waals surface area contributed by atoms with Gasteiger partial charge in [0.25, 0.3) is 0 Å². The van der Waals surface area contributed by atoms with Crippen molar-refractivity contribution in [2.24, 2.45) is 5.10 Å². The normalized spacial score (nSPS) is 10.6. The SMILES string of the molecule is COc1ccc(/C=N\[N-]c2nn[nH]n2)cc1. The predicted octanol–water partition coefficient (Wildman–Crippen LogP) is 1.25. The summed E-state index contributed by atoms with van der Waals surface area (Å²) < 4.78 is 5.03. The monoisotopic (exact) mass is 217 g/mol. The van der Waals surface area contributed by atoms with Crippen LogP contribution in [0.2, 0.25) is 0 Å². The number of aromatic nitrogens is 4. The van der Waals surface area contributed by atoms with Crippen LogP contribution in [0.3, 0.4) is 0 Å². The molecule has 0 radical (unpaired) electrons. The molecule has 1 aromatic heterocycles. The van der Waals surface area contributed by atoms with Crippen LogP contribution in [0.25, 0.3) is 5.43 Å². The Morgan fingerprint density at radius 2 is 2.19 bits per heavy atom. The van der Waals surface area contributed by atoms with Crippen LogP contribution in [0.1, 0.15) is 5.56 Å². The first-order chi connectivity index (χ1) is 7.88. The number of H-pyrrole nitrogens is 1. The molecule has 0 bridgehead atoms. The van der Waals surface area contributed by atoms with E-state index in [9.17, 15) is 0 Å². The van der Waals surface area contributed by atoms with E-state index in [0.29, 0.717) is 0 Å². The van der Waals surface area contributed by atoms with Crippen molar-refractivity contribution in [1.82, 2.24) is 20.6 Å². The van der Waals surface area contributed by atoms with Crippen LogP contribution in [0.15, 0.2) is 29.4 Å². The topological polar surface area (TPSA) is 90.1 Å². The average Bonchev–Trinajstić information content (AvgIpc) is 2.83. The van der Waals surface area contributed by atoms with Gasteiger partial charge < -0.3 is 4.74 Å². The highest BCUT2D eigenvalue weighted by Crippen LogP contribution is 2.11. The highest BCUT2D eigenvalue weighted by atomic mass is 16.5. The molecule has 0 atom stereocenters. The Morgan fingerprint density at radius 1 is 1.38 bits per heavy atom. The number of rotatable bonds is 4. The molecule has 7 nitrogen and oxygen atoms in total. The van der Waals surface area contributed by atoms with Gasteiger partial charge in [-0.1, -0.05) is 0 Å². The summed E-state index contributed by atoms with van der Waals surface area (Å²) in [6, 6.07) is 7.42. The molecule has 0 saturated heterocycles. The molecule has 0 aliphatic rings. The van der Waals surface area contributed by atoms with E-state index in [1.54, 1.807) is 13.3 Å². The zero-order valence-corrected chi connectivity index (χ0v) is 8.53. The highest BCUT2D eigenvalue weighted by Gasteiger charge is 1.89. The minimum Gasteiger partial charge on any atom is -0.497 e. The first-order valence-electron chi connectivity index (χ1n) is 4.50. The van der Waals surface area contributed by atoms with Gasteiger partial charge >= 0.3 is 0 Å². The number of ether oxygens (including phenoxy) is 1. The lowest BCUT2D eigenvalue weighted by molar-refractivity contribution is 0.415. The van der Waals surface area contributed by atoms with E-state index in [2.05, 4.69) is 31.2 Å². The molecule has 2 aromatic rings. The second kappa shape index (κ2) is 4.87. The van der Waals surface area contributed by atoms with E-state index in [4.69, 9.17) is 4.74 Å². The quantitative estimate of drug-likeness (QED) is 0.616. The van der Waals surface area contributed by atoms with Gasteiger partial charge in [-0.15, -0.1) is 5.21 Å². The summed E-state index contributed by atoms with van der Waals surface area (Å²) in [6.45, 7) is 0. The molecule has 82 valence electrons. The van der Waals surface area contributed by atoms with Crippen molar-refractivity contribution in [2.75, 3.05) is 7.11 Å². The minimum absolute atomic E-state index is 0.199. The number of hydrogen-bond donors (Lipinski definition) is 1. The van der Waals surface area contributed by atoms with E-state index in [-0.39, 0.29) is 5.95 Å². The third-order valence-corrected chi connectivity index (χ3v) is 1.80. The molecule has 1 aromatic carbocycles. The maximum absolute atomic E-state index is 5.03. The van der Waals surface area contributed by atoms with Gasteiger partial charge in [0.05, 0.1) is 13.1 Å². The Labute approximate surface area is 91.5 Å². The summed E-state index contributed by atoms with van der Waals surface area (Å²) >= 11 is 0. The molecule has 0 aliphatic heterocycles. The number of nitrogens with zero attached hydrogens (tertiary/aromatic N) is 5. The van der Waals surface area contributed by atoms with Crippen molar-refractivity contribution in [3.8, 4) is 5.75 Å². The van der Waals surface area contributed by atoms with Gasteiger partial charge in [0, 0.05) is 6.21 Å². The average molecular weight is 217 g/mol. The fraction of sp³-hybridized carbons (Fsp3) is 0.111. The van der Waals surface area contributed by atoms with Crippen LogP contribution in [0, 0.1) is 0 Å². The lowest BCUT2D eigenvalue weighted by Crippen LogP contribution is -1.84. The molecule has 0 fully saturated rings. The molecule has 0 aliphatic carbocycles. The third kappa shape index (κ3) is 2.53. The molecular weight excluding hydrogens is 208 g/mol. The van der Waals surface area contributed by atoms with Crippen LogP contribution in [-0.2, 0) is 0 Å². The van der Waals surface area contributed by atoms with E-state index in [1.807, 2.05) is 24.3 Å². The van der Waals surface area contributed by atoms with Crippen LogP contribution < -0.4 is 4.74 Å². The van der Waals surface area contributed by atoms with Gasteiger partial charge in [-0.05, 0) is 29.8 Å². The number of aromatic amines is 1. The van der Waals surface area contributed by atoms with Gasteiger partial charge in [0.2, 0.25) is 0 Å². The number of nitrogens with one attached hydrogen (secondary N) is 1. The smallest absolute Gasteiger partial charge is 0.118 e. The van der Waals surface area contributed by atoms with Gasteiger partial charge in [0.1, 0.15) is 5.75 Å². The summed E-state index contributed by atoms with van der Waals surface area (Å²) in [5.74, 6) is 0.997. The lowest BCUT2D eigenvalue weighted by atomic mass is 10.2. The Bertz CT molecular complexity index is 449. The predicted molar refractivity (Wildman–Crippen MR) is 57.8 cm³/mol. The van der Waals surface area contributed by atoms with Gasteiger partial charge in [0.15, 0.2) is 0 Å². The van der Waals surface area contributed by atoms with Crippen molar-refractivity contribution < 1.29 is 4.74 Å². The van der Waals surface area contributed by atoms with Gasteiger partial charge in [-0.2, -0.15) is 0 Å². The largest absolute Gasteiger partial charge is 0.497 e. The second-order valence-electron chi connectivity index (χ2n) is 2.83. The van der Waals surface area contributed by atoms with E-state index < -0.39 is 0 Å². The minimum atomic E-state index is 0.199. The fourth-order valence-electron chi connectivity index (χ4n) is 1.04. The van der Waals surface area contributed by atoms with Crippen LogP contribution >= 0.6 is 0 Å². The number of benzene rings is 1. The maximum atomic E-state index is 5.03. The summed E-state index contributed by atoms with van der Waals surface area (Å²) in [5, 5.41) is 16.7. The van der Waals surface area contributed by atoms with E-state index >= 15 is 0 Å². The van der Waals surface area contributed by atoms with Crippen molar-refractivity contribution >= 4 is 12.2 Å². The number of methoxy groups -OCH3 is 1. The zero-order chi connectivity index (χ0) is 11.2. The second-order valence-corrected chi connectivity index (χ2v) is 2.83. The molecule has 2 rings (SSSR count). The molecule has 0 spiro atoms. The Hall–Kier alpha value is -2.44. The fourth-order valence-corrected chi connectivity index (χ4v) is 1.04. The van der Waals surface area contributed by atoms with Crippen molar-refractivity contribution in [1.29, 1.82) is 0 Å². The van der Waals surface area contributed by atoms with Crippen molar-refractivity contribution in [3.63, 3.8) is 0 Å². The van der Waals surface area contributed by atoms with E-state index in [0.717, 1.165) is 11.3 Å². The first kappa shape index (κ1) is 10.1. The van der Waals surface area contributed by atoms with Crippen LogP contribution in [0.5, 0.6) is 5.75 Å². The standard InChI is InChI=1S/C9H9N6O/c1-16-8-4-2-7(3-5-8)6-10-11-9-12-14-15-13-9/h2-6H,1H3,(H-,11,12,13,14,15)/q-1/b10-6-. The number of hydrogen-bond acceptors (Lipinski definition) is 5. The first-order valence-corrected chi connectivity index (χ1v) is 4.50. The summed E-state index contributed by atoms with van der Waals surface area (Å²) in [4.78, 5) is 0. The van der Waals surface area contributed by atoms with Crippen molar-refractivity contribution in [3.05, 3.63) is 35.3 Å². The van der Waals surface area contributed by atoms with Crippen LogP contribution in [-0.4, -0.2) is 33.9 Å².